The number of aromatic nitrogens is 1. The minimum absolute atomic E-state index is 0.0975. The van der Waals surface area contributed by atoms with Crippen molar-refractivity contribution in [2.24, 2.45) is 5.92 Å². The van der Waals surface area contributed by atoms with E-state index in [1.165, 1.54) is 6.20 Å². The summed E-state index contributed by atoms with van der Waals surface area (Å²) in [6.07, 6.45) is 1.49. The van der Waals surface area contributed by atoms with Crippen molar-refractivity contribution < 1.29 is 9.53 Å². The molecular weight excluding hydrogens is 278 g/mol. The molecule has 0 saturated carbocycles. The second-order valence-corrected chi connectivity index (χ2v) is 5.34. The highest BCUT2D eigenvalue weighted by Crippen LogP contribution is 2.20. The van der Waals surface area contributed by atoms with Gasteiger partial charge in [-0.05, 0) is 12.0 Å². The molecule has 0 spiro atoms. The summed E-state index contributed by atoms with van der Waals surface area (Å²) in [7, 11) is 3.37. The van der Waals surface area contributed by atoms with E-state index in [9.17, 15) is 4.79 Å². The monoisotopic (exact) mass is 299 g/mol. The zero-order chi connectivity index (χ0) is 15.1. The van der Waals surface area contributed by atoms with Crippen LogP contribution in [0.25, 0.3) is 0 Å². The zero-order valence-corrected chi connectivity index (χ0v) is 13.2. The lowest BCUT2D eigenvalue weighted by Gasteiger charge is -2.25. The van der Waals surface area contributed by atoms with Crippen LogP contribution in [0.2, 0.25) is 5.02 Å². The summed E-state index contributed by atoms with van der Waals surface area (Å²) in [4.78, 5) is 18.4. The lowest BCUT2D eigenvalue weighted by Crippen LogP contribution is -2.37. The van der Waals surface area contributed by atoms with Gasteiger partial charge < -0.3 is 15.0 Å². The minimum atomic E-state index is -0.0975. The van der Waals surface area contributed by atoms with Gasteiger partial charge in [-0.25, -0.2) is 4.98 Å². The number of methoxy groups -OCH3 is 1. The van der Waals surface area contributed by atoms with E-state index in [1.54, 1.807) is 25.1 Å². The van der Waals surface area contributed by atoms with Crippen molar-refractivity contribution in [3.63, 3.8) is 0 Å². The topological polar surface area (TPSA) is 54.5 Å². The number of hydrogen-bond donors (Lipinski definition) is 1. The fraction of sp³-hybridized carbons (Fsp3) is 0.571. The Hall–Kier alpha value is -1.33. The number of halogens is 1. The fourth-order valence-corrected chi connectivity index (χ4v) is 2.01. The molecule has 0 aliphatic heterocycles. The Balaban J connectivity index is 2.97. The Kier molecular flexibility index (Phi) is 6.75. The highest BCUT2D eigenvalue weighted by atomic mass is 35.5. The van der Waals surface area contributed by atoms with Crippen molar-refractivity contribution >= 4 is 23.3 Å². The van der Waals surface area contributed by atoms with Crippen LogP contribution in [-0.2, 0) is 4.74 Å². The zero-order valence-electron chi connectivity index (χ0n) is 12.4. The molecule has 5 nitrogen and oxygen atoms in total. The Morgan fingerprint density at radius 3 is 2.80 bits per heavy atom. The highest BCUT2D eigenvalue weighted by Gasteiger charge is 2.20. The predicted molar refractivity (Wildman–Crippen MR) is 81.4 cm³/mol. The largest absolute Gasteiger partial charge is 0.383 e. The highest BCUT2D eigenvalue weighted by molar-refractivity contribution is 6.33. The van der Waals surface area contributed by atoms with Gasteiger partial charge in [0.2, 0.25) is 0 Å². The number of hydrogen-bond acceptors (Lipinski definition) is 4. The molecule has 112 valence electrons. The second kappa shape index (κ2) is 8.07. The summed E-state index contributed by atoms with van der Waals surface area (Å²) in [6, 6.07) is 1.67. The lowest BCUT2D eigenvalue weighted by atomic mass is 10.1. The van der Waals surface area contributed by atoms with Crippen molar-refractivity contribution in [2.45, 2.75) is 13.8 Å². The Labute approximate surface area is 125 Å². The van der Waals surface area contributed by atoms with Gasteiger partial charge in [-0.2, -0.15) is 0 Å². The van der Waals surface area contributed by atoms with E-state index in [4.69, 9.17) is 16.3 Å². The predicted octanol–water partition coefficient (Wildman–Crippen LogP) is 2.52. The molecule has 0 fully saturated rings. The number of nitrogens with zero attached hydrogens (tertiary/aromatic N) is 2. The van der Waals surface area contributed by atoms with E-state index in [-0.39, 0.29) is 5.91 Å². The first-order valence-electron chi connectivity index (χ1n) is 6.61. The lowest BCUT2D eigenvalue weighted by molar-refractivity contribution is 0.0672. The first-order valence-corrected chi connectivity index (χ1v) is 6.98. The summed E-state index contributed by atoms with van der Waals surface area (Å²) in [5, 5.41) is 3.27. The molecule has 0 unspecified atom stereocenters. The normalized spacial score (nSPS) is 10.7. The summed E-state index contributed by atoms with van der Waals surface area (Å²) >= 11 is 6.09. The van der Waals surface area contributed by atoms with Crippen molar-refractivity contribution in [1.29, 1.82) is 0 Å². The molecule has 1 amide bonds. The Morgan fingerprint density at radius 1 is 1.55 bits per heavy atom. The quantitative estimate of drug-likeness (QED) is 0.840. The standard InChI is InChI=1S/C14H22ClN3O2/c1-10(2)9-18(5-6-20-4)14(19)11-7-13(16-3)17-8-12(11)15/h7-8,10H,5-6,9H2,1-4H3,(H,16,17). The molecule has 0 saturated heterocycles. The molecule has 0 bridgehead atoms. The van der Waals surface area contributed by atoms with E-state index in [0.717, 1.165) is 0 Å². The van der Waals surface area contributed by atoms with Crippen LogP contribution >= 0.6 is 11.6 Å². The van der Waals surface area contributed by atoms with E-state index in [1.807, 2.05) is 0 Å². The first kappa shape index (κ1) is 16.7. The molecule has 1 aromatic heterocycles. The summed E-state index contributed by atoms with van der Waals surface area (Å²) in [6.45, 7) is 5.84. The van der Waals surface area contributed by atoms with Crippen LogP contribution in [0.1, 0.15) is 24.2 Å². The number of carbonyl (C=O) groups excluding carboxylic acids is 1. The van der Waals surface area contributed by atoms with Crippen LogP contribution in [0, 0.1) is 5.92 Å². The molecule has 0 aromatic carbocycles. The minimum Gasteiger partial charge on any atom is -0.383 e. The van der Waals surface area contributed by atoms with Gasteiger partial charge in [0, 0.05) is 33.4 Å². The maximum Gasteiger partial charge on any atom is 0.255 e. The molecule has 0 aliphatic rings. The van der Waals surface area contributed by atoms with Gasteiger partial charge in [0.15, 0.2) is 0 Å². The number of nitrogens with one attached hydrogen (secondary N) is 1. The molecular formula is C14H22ClN3O2. The molecule has 6 heteroatoms. The molecule has 20 heavy (non-hydrogen) atoms. The van der Waals surface area contributed by atoms with Crippen LogP contribution in [0.5, 0.6) is 0 Å². The molecule has 1 N–H and O–H groups in total. The molecule has 0 aliphatic carbocycles. The average Bonchev–Trinajstić information content (AvgIpc) is 2.43. The first-order chi connectivity index (χ1) is 9.49. The maximum atomic E-state index is 12.6. The number of rotatable bonds is 7. The van der Waals surface area contributed by atoms with Gasteiger partial charge in [0.1, 0.15) is 5.82 Å². The third kappa shape index (κ3) is 4.65. The van der Waals surface area contributed by atoms with E-state index >= 15 is 0 Å². The number of carbonyl (C=O) groups is 1. The van der Waals surface area contributed by atoms with E-state index in [0.29, 0.717) is 42.0 Å². The summed E-state index contributed by atoms with van der Waals surface area (Å²) in [5.41, 5.74) is 0.461. The van der Waals surface area contributed by atoms with Gasteiger partial charge in [-0.3, -0.25) is 4.79 Å². The van der Waals surface area contributed by atoms with Crippen LogP contribution < -0.4 is 5.32 Å². The number of amides is 1. The fourth-order valence-electron chi connectivity index (χ4n) is 1.83. The van der Waals surface area contributed by atoms with Gasteiger partial charge in [-0.15, -0.1) is 0 Å². The number of ether oxygens (including phenoxy) is 1. The number of pyridine rings is 1. The van der Waals surface area contributed by atoms with Crippen LogP contribution in [0.15, 0.2) is 12.3 Å². The molecule has 1 aromatic rings. The maximum absolute atomic E-state index is 12.6. The summed E-state index contributed by atoms with van der Waals surface area (Å²) < 4.78 is 5.06. The summed E-state index contributed by atoms with van der Waals surface area (Å²) in [5.74, 6) is 0.897. The van der Waals surface area contributed by atoms with Crippen LogP contribution in [0.3, 0.4) is 0 Å². The molecule has 0 atom stereocenters. The van der Waals surface area contributed by atoms with Crippen LogP contribution in [0.4, 0.5) is 5.82 Å². The van der Waals surface area contributed by atoms with Crippen molar-refractivity contribution in [3.8, 4) is 0 Å². The van der Waals surface area contributed by atoms with Crippen molar-refractivity contribution in [1.82, 2.24) is 9.88 Å². The van der Waals surface area contributed by atoms with E-state index < -0.39 is 0 Å². The van der Waals surface area contributed by atoms with Crippen molar-refractivity contribution in [3.05, 3.63) is 22.8 Å². The van der Waals surface area contributed by atoms with E-state index in [2.05, 4.69) is 24.1 Å². The molecule has 0 radical (unpaired) electrons. The third-order valence-electron chi connectivity index (χ3n) is 2.78. The molecule has 1 heterocycles. The van der Waals surface area contributed by atoms with Gasteiger partial charge in [-0.1, -0.05) is 25.4 Å². The number of anilines is 1. The van der Waals surface area contributed by atoms with Crippen molar-refractivity contribution in [2.75, 3.05) is 39.2 Å². The Morgan fingerprint density at radius 2 is 2.25 bits per heavy atom. The van der Waals surface area contributed by atoms with Gasteiger partial charge in [0.05, 0.1) is 17.2 Å². The van der Waals surface area contributed by atoms with Crippen LogP contribution in [-0.4, -0.2) is 49.6 Å². The second-order valence-electron chi connectivity index (χ2n) is 4.94. The average molecular weight is 300 g/mol. The van der Waals surface area contributed by atoms with Gasteiger partial charge in [0.25, 0.3) is 5.91 Å². The van der Waals surface area contributed by atoms with Gasteiger partial charge >= 0.3 is 0 Å². The molecule has 1 rings (SSSR count). The smallest absolute Gasteiger partial charge is 0.255 e. The SMILES string of the molecule is CNc1cc(C(=O)N(CCOC)CC(C)C)c(Cl)cn1. The third-order valence-corrected chi connectivity index (χ3v) is 3.08. The Bertz CT molecular complexity index is 452.